The molecule has 0 bridgehead atoms. The molecule has 4 nitrogen and oxygen atoms in total. The van der Waals surface area contributed by atoms with Gasteiger partial charge in [0.15, 0.2) is 22.9 Å². The number of nitriles is 1. The maximum atomic E-state index is 13.4. The van der Waals surface area contributed by atoms with Crippen LogP contribution >= 0.6 is 27.7 Å². The standard InChI is InChI=1S/C9H7BrFN3OS/c1-16-9(13-4-12)14-7-6(11)3-2-5(10)8(7)15/h2-3,15H,1H3,(H,13,14). The van der Waals surface area contributed by atoms with E-state index in [0.717, 1.165) is 11.8 Å². The predicted octanol–water partition coefficient (Wildman–Crippen LogP) is 2.71. The number of hydrogen-bond donors (Lipinski definition) is 2. The first kappa shape index (κ1) is 12.8. The summed E-state index contributed by atoms with van der Waals surface area (Å²) < 4.78 is 13.7. The molecule has 0 saturated heterocycles. The molecule has 16 heavy (non-hydrogen) atoms. The number of amidine groups is 1. The van der Waals surface area contributed by atoms with E-state index in [9.17, 15) is 9.50 Å². The van der Waals surface area contributed by atoms with Gasteiger partial charge in [-0.3, -0.25) is 5.32 Å². The molecule has 84 valence electrons. The number of halogens is 2. The number of hydrogen-bond acceptors (Lipinski definition) is 4. The second kappa shape index (κ2) is 5.72. The third-order valence-corrected chi connectivity index (χ3v) is 2.84. The van der Waals surface area contributed by atoms with Gasteiger partial charge in [-0.25, -0.2) is 9.38 Å². The highest BCUT2D eigenvalue weighted by atomic mass is 79.9. The average molecular weight is 304 g/mol. The molecule has 0 radical (unpaired) electrons. The van der Waals surface area contributed by atoms with E-state index in [2.05, 4.69) is 26.2 Å². The van der Waals surface area contributed by atoms with Crippen LogP contribution in [0.3, 0.4) is 0 Å². The van der Waals surface area contributed by atoms with Gasteiger partial charge in [-0.05, 0) is 34.3 Å². The van der Waals surface area contributed by atoms with Crippen LogP contribution in [0.15, 0.2) is 21.6 Å². The first-order valence-electron chi connectivity index (χ1n) is 4.05. The largest absolute Gasteiger partial charge is 0.504 e. The highest BCUT2D eigenvalue weighted by molar-refractivity contribution is 9.10. The number of nitrogens with one attached hydrogen (secondary N) is 1. The van der Waals surface area contributed by atoms with Crippen molar-refractivity contribution in [2.45, 2.75) is 0 Å². The van der Waals surface area contributed by atoms with Gasteiger partial charge in [0, 0.05) is 0 Å². The van der Waals surface area contributed by atoms with Crippen LogP contribution < -0.4 is 5.32 Å². The number of aliphatic imine (C=N–C) groups is 1. The Hall–Kier alpha value is -1.26. The molecule has 0 heterocycles. The first-order chi connectivity index (χ1) is 7.60. The van der Waals surface area contributed by atoms with Gasteiger partial charge >= 0.3 is 0 Å². The van der Waals surface area contributed by atoms with Crippen molar-refractivity contribution in [1.29, 1.82) is 5.26 Å². The third-order valence-electron chi connectivity index (χ3n) is 1.62. The molecule has 1 rings (SSSR count). The second-order valence-corrected chi connectivity index (χ2v) is 4.23. The molecule has 0 aliphatic carbocycles. The fourth-order valence-corrected chi connectivity index (χ4v) is 1.56. The maximum Gasteiger partial charge on any atom is 0.183 e. The Bertz CT molecular complexity index is 473. The summed E-state index contributed by atoms with van der Waals surface area (Å²) in [5, 5.41) is 20.5. The van der Waals surface area contributed by atoms with E-state index in [-0.39, 0.29) is 16.6 Å². The van der Waals surface area contributed by atoms with Crippen LogP contribution in [-0.2, 0) is 0 Å². The summed E-state index contributed by atoms with van der Waals surface area (Å²) in [6.07, 6.45) is 3.35. The lowest BCUT2D eigenvalue weighted by molar-refractivity contribution is 0.468. The molecule has 0 fully saturated rings. The molecule has 0 unspecified atom stereocenters. The van der Waals surface area contributed by atoms with Crippen molar-refractivity contribution in [3.8, 4) is 11.9 Å². The molecule has 0 atom stereocenters. The third kappa shape index (κ3) is 2.87. The Kier molecular flexibility index (Phi) is 4.58. The number of nitrogens with zero attached hydrogens (tertiary/aromatic N) is 2. The molecule has 0 aliphatic rings. The first-order valence-corrected chi connectivity index (χ1v) is 6.06. The molecule has 1 aromatic rings. The Morgan fingerprint density at radius 1 is 1.69 bits per heavy atom. The summed E-state index contributed by atoms with van der Waals surface area (Å²) in [7, 11) is 0. The second-order valence-electron chi connectivity index (χ2n) is 2.58. The zero-order chi connectivity index (χ0) is 12.1. The van der Waals surface area contributed by atoms with Crippen LogP contribution in [-0.4, -0.2) is 16.5 Å². The average Bonchev–Trinajstić information content (AvgIpc) is 2.28. The van der Waals surface area contributed by atoms with Gasteiger partial charge in [0.05, 0.1) is 4.47 Å². The van der Waals surface area contributed by atoms with Crippen LogP contribution in [0.25, 0.3) is 0 Å². The minimum atomic E-state index is -0.660. The molecule has 1 aromatic carbocycles. The smallest absolute Gasteiger partial charge is 0.183 e. The predicted molar refractivity (Wildman–Crippen MR) is 65.1 cm³/mol. The fraction of sp³-hybridized carbons (Fsp3) is 0.111. The topological polar surface area (TPSA) is 68.4 Å². The van der Waals surface area contributed by atoms with Crippen LogP contribution in [0.5, 0.6) is 5.75 Å². The lowest BCUT2D eigenvalue weighted by Gasteiger charge is -2.04. The van der Waals surface area contributed by atoms with Gasteiger partial charge in [-0.2, -0.15) is 5.26 Å². The van der Waals surface area contributed by atoms with E-state index in [4.69, 9.17) is 5.26 Å². The van der Waals surface area contributed by atoms with E-state index in [1.54, 1.807) is 12.4 Å². The minimum Gasteiger partial charge on any atom is -0.504 e. The number of benzene rings is 1. The maximum absolute atomic E-state index is 13.4. The molecular formula is C9H7BrFN3OS. The summed E-state index contributed by atoms with van der Waals surface area (Å²) in [4.78, 5) is 3.82. The van der Waals surface area contributed by atoms with Crippen molar-refractivity contribution in [2.24, 2.45) is 4.99 Å². The number of thioether (sulfide) groups is 1. The van der Waals surface area contributed by atoms with Crippen molar-refractivity contribution in [1.82, 2.24) is 5.32 Å². The quantitative estimate of drug-likeness (QED) is 0.362. The number of phenols is 1. The number of phenolic OH excluding ortho intramolecular Hbond substituents is 1. The van der Waals surface area contributed by atoms with Crippen molar-refractivity contribution >= 4 is 38.5 Å². The monoisotopic (exact) mass is 303 g/mol. The van der Waals surface area contributed by atoms with Crippen LogP contribution in [0.2, 0.25) is 0 Å². The minimum absolute atomic E-state index is 0.204. The van der Waals surface area contributed by atoms with E-state index in [0.29, 0.717) is 4.47 Å². The molecule has 7 heteroatoms. The summed E-state index contributed by atoms with van der Waals surface area (Å²) in [5.41, 5.74) is -0.207. The molecule has 0 aromatic heterocycles. The van der Waals surface area contributed by atoms with Gasteiger partial charge in [-0.15, -0.1) is 0 Å². The normalized spacial score (nSPS) is 11.0. The zero-order valence-electron chi connectivity index (χ0n) is 8.16. The van der Waals surface area contributed by atoms with Gasteiger partial charge in [-0.1, -0.05) is 11.8 Å². The van der Waals surface area contributed by atoms with Gasteiger partial charge in [0.1, 0.15) is 5.69 Å². The van der Waals surface area contributed by atoms with E-state index in [1.165, 1.54) is 12.1 Å². The molecule has 0 saturated carbocycles. The molecule has 2 N–H and O–H groups in total. The van der Waals surface area contributed by atoms with Crippen LogP contribution in [0.4, 0.5) is 10.1 Å². The summed E-state index contributed by atoms with van der Waals surface area (Å²) in [6, 6.07) is 2.55. The van der Waals surface area contributed by atoms with Gasteiger partial charge in [0.2, 0.25) is 0 Å². The van der Waals surface area contributed by atoms with Gasteiger partial charge < -0.3 is 5.11 Å². The van der Waals surface area contributed by atoms with Crippen molar-refractivity contribution < 1.29 is 9.50 Å². The Morgan fingerprint density at radius 2 is 2.38 bits per heavy atom. The lowest BCUT2D eigenvalue weighted by Crippen LogP contribution is -2.12. The van der Waals surface area contributed by atoms with E-state index in [1.807, 2.05) is 0 Å². The highest BCUT2D eigenvalue weighted by Gasteiger charge is 2.11. The van der Waals surface area contributed by atoms with Crippen LogP contribution in [0, 0.1) is 17.3 Å². The molecule has 0 spiro atoms. The lowest BCUT2D eigenvalue weighted by atomic mass is 10.3. The molecule has 0 amide bonds. The van der Waals surface area contributed by atoms with Gasteiger partial charge in [0.25, 0.3) is 0 Å². The SMILES string of the molecule is CSC(=Nc1c(F)ccc(Br)c1O)NC#N. The highest BCUT2D eigenvalue weighted by Crippen LogP contribution is 2.36. The summed E-state index contributed by atoms with van der Waals surface area (Å²) in [6.45, 7) is 0. The Labute approximate surface area is 104 Å². The van der Waals surface area contributed by atoms with E-state index < -0.39 is 5.82 Å². The Morgan fingerprint density at radius 3 is 2.94 bits per heavy atom. The van der Waals surface area contributed by atoms with Crippen molar-refractivity contribution in [2.75, 3.05) is 6.26 Å². The van der Waals surface area contributed by atoms with Crippen LogP contribution in [0.1, 0.15) is 0 Å². The van der Waals surface area contributed by atoms with Crippen molar-refractivity contribution in [3.05, 3.63) is 22.4 Å². The molecule has 0 aliphatic heterocycles. The van der Waals surface area contributed by atoms with E-state index >= 15 is 0 Å². The zero-order valence-corrected chi connectivity index (χ0v) is 10.6. The van der Waals surface area contributed by atoms with Crippen molar-refractivity contribution in [3.63, 3.8) is 0 Å². The fourth-order valence-electron chi connectivity index (χ4n) is 0.911. The summed E-state index contributed by atoms with van der Waals surface area (Å²) in [5.74, 6) is -0.960. The molecular weight excluding hydrogens is 297 g/mol. The summed E-state index contributed by atoms with van der Waals surface area (Å²) >= 11 is 4.19. The Balaban J connectivity index is 3.23. The number of aromatic hydroxyl groups is 1. The number of rotatable bonds is 1.